The third kappa shape index (κ3) is 8.96. The van der Waals surface area contributed by atoms with Gasteiger partial charge >= 0.3 is 0 Å². The van der Waals surface area contributed by atoms with Gasteiger partial charge in [-0.2, -0.15) is 0 Å². The molecule has 2 amide bonds. The zero-order chi connectivity index (χ0) is 30.3. The highest BCUT2D eigenvalue weighted by Crippen LogP contribution is 2.30. The van der Waals surface area contributed by atoms with Gasteiger partial charge in [0.25, 0.3) is 0 Å². The van der Waals surface area contributed by atoms with E-state index in [2.05, 4.69) is 5.32 Å². The maximum atomic E-state index is 14.2. The van der Waals surface area contributed by atoms with Crippen LogP contribution in [0.5, 0.6) is 0 Å². The lowest BCUT2D eigenvalue weighted by Crippen LogP contribution is -2.54. The fourth-order valence-electron chi connectivity index (χ4n) is 4.57. The predicted octanol–water partition coefficient (Wildman–Crippen LogP) is 6.05. The first-order chi connectivity index (χ1) is 19.3. The molecule has 0 aliphatic heterocycles. The maximum absolute atomic E-state index is 14.2. The Bertz CT molecular complexity index is 1460. The standard InChI is InChI=1S/C31H37Cl2N3O4S/c1-21(2)26-13-9-10-14-28(26)36(41(5,39)40)20-30(37)35(19-24-15-16-25(32)18-27(24)33)29(31(38)34-22(3)4)17-23-11-7-6-8-12-23/h6-16,18,21-22,29H,17,19-20H2,1-5H3,(H,34,38)/t29-/m0/s1. The van der Waals surface area contributed by atoms with Gasteiger partial charge in [0.05, 0.1) is 11.9 Å². The van der Waals surface area contributed by atoms with Crippen LogP contribution in [0.1, 0.15) is 50.3 Å². The van der Waals surface area contributed by atoms with Gasteiger partial charge in [-0.15, -0.1) is 0 Å². The van der Waals surface area contributed by atoms with Crippen molar-refractivity contribution < 1.29 is 18.0 Å². The summed E-state index contributed by atoms with van der Waals surface area (Å²) < 4.78 is 27.3. The summed E-state index contributed by atoms with van der Waals surface area (Å²) in [5, 5.41) is 3.70. The van der Waals surface area contributed by atoms with Crippen molar-refractivity contribution in [2.75, 3.05) is 17.1 Å². The second-order valence-corrected chi connectivity index (χ2v) is 13.4. The lowest BCUT2D eigenvalue weighted by Gasteiger charge is -2.34. The summed E-state index contributed by atoms with van der Waals surface area (Å²) in [6.45, 7) is 7.08. The summed E-state index contributed by atoms with van der Waals surface area (Å²) in [4.78, 5) is 29.3. The molecule has 0 bridgehead atoms. The number of hydrogen-bond acceptors (Lipinski definition) is 4. The van der Waals surface area contributed by atoms with Crippen molar-refractivity contribution in [2.45, 2.75) is 58.7 Å². The van der Waals surface area contributed by atoms with Crippen molar-refractivity contribution in [1.29, 1.82) is 0 Å². The minimum atomic E-state index is -3.87. The fraction of sp³-hybridized carbons (Fsp3) is 0.355. The van der Waals surface area contributed by atoms with E-state index in [0.29, 0.717) is 21.3 Å². The summed E-state index contributed by atoms with van der Waals surface area (Å²) in [5.74, 6) is -0.882. The Hall–Kier alpha value is -3.07. The monoisotopic (exact) mass is 617 g/mol. The Morgan fingerprint density at radius 1 is 0.902 bits per heavy atom. The number of halogens is 2. The number of carbonyl (C=O) groups is 2. The van der Waals surface area contributed by atoms with Crippen molar-refractivity contribution in [2.24, 2.45) is 0 Å². The lowest BCUT2D eigenvalue weighted by molar-refractivity contribution is -0.140. The SMILES string of the molecule is CC(C)NC(=O)[C@H](Cc1ccccc1)N(Cc1ccc(Cl)cc1Cl)C(=O)CN(c1ccccc1C(C)C)S(C)(=O)=O. The van der Waals surface area contributed by atoms with Gasteiger partial charge in [0.1, 0.15) is 12.6 Å². The Labute approximate surface area is 253 Å². The number of anilines is 1. The number of nitrogens with zero attached hydrogens (tertiary/aromatic N) is 2. The summed E-state index contributed by atoms with van der Waals surface area (Å²) in [5.41, 5.74) is 2.64. The van der Waals surface area contributed by atoms with Crippen LogP contribution < -0.4 is 9.62 Å². The molecule has 3 aromatic carbocycles. The molecule has 0 heterocycles. The number of sulfonamides is 1. The zero-order valence-corrected chi connectivity index (χ0v) is 26.3. The van der Waals surface area contributed by atoms with Gasteiger partial charge in [0.2, 0.25) is 21.8 Å². The molecule has 0 spiro atoms. The van der Waals surface area contributed by atoms with Crippen molar-refractivity contribution >= 4 is 50.7 Å². The van der Waals surface area contributed by atoms with Crippen LogP contribution in [0.4, 0.5) is 5.69 Å². The quantitative estimate of drug-likeness (QED) is 0.268. The van der Waals surface area contributed by atoms with E-state index in [1.54, 1.807) is 30.3 Å². The van der Waals surface area contributed by atoms with E-state index >= 15 is 0 Å². The van der Waals surface area contributed by atoms with Gasteiger partial charge < -0.3 is 10.2 Å². The van der Waals surface area contributed by atoms with Gasteiger partial charge in [-0.1, -0.05) is 91.6 Å². The van der Waals surface area contributed by atoms with Crippen LogP contribution in [0.3, 0.4) is 0 Å². The average Bonchev–Trinajstić information content (AvgIpc) is 2.89. The molecule has 3 aromatic rings. The first-order valence-electron chi connectivity index (χ1n) is 13.4. The normalized spacial score (nSPS) is 12.3. The third-order valence-corrected chi connectivity index (χ3v) is 8.28. The van der Waals surface area contributed by atoms with Gasteiger partial charge in [-0.3, -0.25) is 13.9 Å². The Kier molecular flexibility index (Phi) is 11.2. The molecule has 0 aliphatic rings. The number of amides is 2. The highest BCUT2D eigenvalue weighted by atomic mass is 35.5. The number of carbonyl (C=O) groups excluding carboxylic acids is 2. The largest absolute Gasteiger partial charge is 0.352 e. The first kappa shape index (κ1) is 32.4. The number of nitrogens with one attached hydrogen (secondary N) is 1. The molecule has 7 nitrogen and oxygen atoms in total. The van der Waals surface area contributed by atoms with Crippen LogP contribution in [-0.2, 0) is 32.6 Å². The van der Waals surface area contributed by atoms with Crippen molar-refractivity contribution in [3.63, 3.8) is 0 Å². The molecule has 0 fully saturated rings. The van der Waals surface area contributed by atoms with E-state index in [4.69, 9.17) is 23.2 Å². The van der Waals surface area contributed by atoms with Crippen LogP contribution in [0.25, 0.3) is 0 Å². The maximum Gasteiger partial charge on any atom is 0.244 e. The molecule has 1 atom stereocenters. The van der Waals surface area contributed by atoms with E-state index in [1.807, 2.05) is 70.2 Å². The minimum absolute atomic E-state index is 0.0113. The van der Waals surface area contributed by atoms with Gasteiger partial charge in [-0.25, -0.2) is 8.42 Å². The minimum Gasteiger partial charge on any atom is -0.352 e. The van der Waals surface area contributed by atoms with E-state index in [-0.39, 0.29) is 30.8 Å². The summed E-state index contributed by atoms with van der Waals surface area (Å²) in [7, 11) is -3.87. The third-order valence-electron chi connectivity index (χ3n) is 6.56. The number of benzene rings is 3. The average molecular weight is 619 g/mol. The molecule has 220 valence electrons. The van der Waals surface area contributed by atoms with Crippen LogP contribution in [-0.4, -0.2) is 50.0 Å². The number of hydrogen-bond donors (Lipinski definition) is 1. The van der Waals surface area contributed by atoms with Gasteiger partial charge in [0, 0.05) is 29.1 Å². The van der Waals surface area contributed by atoms with Crippen LogP contribution >= 0.6 is 23.2 Å². The molecule has 41 heavy (non-hydrogen) atoms. The Morgan fingerprint density at radius 3 is 2.12 bits per heavy atom. The Balaban J connectivity index is 2.12. The molecule has 0 saturated carbocycles. The van der Waals surface area contributed by atoms with E-state index in [9.17, 15) is 18.0 Å². The highest BCUT2D eigenvalue weighted by Gasteiger charge is 2.34. The van der Waals surface area contributed by atoms with Crippen molar-refractivity contribution in [3.05, 3.63) is 99.5 Å². The molecule has 3 rings (SSSR count). The molecular weight excluding hydrogens is 581 g/mol. The molecule has 0 radical (unpaired) electrons. The lowest BCUT2D eigenvalue weighted by atomic mass is 10.0. The van der Waals surface area contributed by atoms with E-state index in [1.165, 1.54) is 4.90 Å². The molecule has 1 N–H and O–H groups in total. The summed E-state index contributed by atoms with van der Waals surface area (Å²) in [6, 6.07) is 20.3. The van der Waals surface area contributed by atoms with Crippen LogP contribution in [0.15, 0.2) is 72.8 Å². The van der Waals surface area contributed by atoms with Crippen LogP contribution in [0.2, 0.25) is 10.0 Å². The molecule has 0 saturated heterocycles. The van der Waals surface area contributed by atoms with Gasteiger partial charge in [0.15, 0.2) is 0 Å². The first-order valence-corrected chi connectivity index (χ1v) is 16.0. The van der Waals surface area contributed by atoms with E-state index < -0.39 is 28.5 Å². The zero-order valence-electron chi connectivity index (χ0n) is 24.0. The molecule has 0 unspecified atom stereocenters. The number of rotatable bonds is 12. The summed E-state index contributed by atoms with van der Waals surface area (Å²) in [6.07, 6.45) is 1.29. The molecular formula is C31H37Cl2N3O4S. The highest BCUT2D eigenvalue weighted by molar-refractivity contribution is 7.92. The van der Waals surface area contributed by atoms with Gasteiger partial charge in [-0.05, 0) is 54.7 Å². The fourth-order valence-corrected chi connectivity index (χ4v) is 5.90. The van der Waals surface area contributed by atoms with Crippen LogP contribution in [0, 0.1) is 0 Å². The predicted molar refractivity (Wildman–Crippen MR) is 167 cm³/mol. The number of para-hydroxylation sites is 1. The second kappa shape index (κ2) is 14.2. The molecule has 0 aliphatic carbocycles. The van der Waals surface area contributed by atoms with Crippen molar-refractivity contribution in [1.82, 2.24) is 10.2 Å². The topological polar surface area (TPSA) is 86.8 Å². The molecule has 0 aromatic heterocycles. The molecule has 10 heteroatoms. The second-order valence-electron chi connectivity index (χ2n) is 10.6. The van der Waals surface area contributed by atoms with E-state index in [0.717, 1.165) is 21.7 Å². The Morgan fingerprint density at radius 2 is 1.54 bits per heavy atom. The smallest absolute Gasteiger partial charge is 0.244 e. The van der Waals surface area contributed by atoms with Crippen molar-refractivity contribution in [3.8, 4) is 0 Å². The summed E-state index contributed by atoms with van der Waals surface area (Å²) >= 11 is 12.6.